The van der Waals surface area contributed by atoms with Crippen LogP contribution in [0.4, 0.5) is 4.39 Å². The third-order valence-corrected chi connectivity index (χ3v) is 3.96. The van der Waals surface area contributed by atoms with Crippen molar-refractivity contribution >= 4 is 11.8 Å². The molecule has 1 aromatic carbocycles. The predicted octanol–water partition coefficient (Wildman–Crippen LogP) is 1.62. The highest BCUT2D eigenvalue weighted by molar-refractivity contribution is 6.21. The van der Waals surface area contributed by atoms with E-state index in [0.717, 1.165) is 0 Å². The normalized spacial score (nSPS) is 29.7. The van der Waals surface area contributed by atoms with Gasteiger partial charge >= 0.3 is 0 Å². The number of benzene rings is 1. The fourth-order valence-electron chi connectivity index (χ4n) is 3.08. The lowest BCUT2D eigenvalue weighted by atomic mass is 9.89. The van der Waals surface area contributed by atoms with Gasteiger partial charge in [0.25, 0.3) is 11.8 Å². The van der Waals surface area contributed by atoms with Crippen LogP contribution in [0.3, 0.4) is 0 Å². The van der Waals surface area contributed by atoms with Crippen LogP contribution in [0.25, 0.3) is 0 Å². The zero-order valence-corrected chi connectivity index (χ0v) is 11.4. The van der Waals surface area contributed by atoms with Crippen molar-refractivity contribution in [2.45, 2.75) is 19.0 Å². The number of amides is 2. The fourth-order valence-corrected chi connectivity index (χ4v) is 3.08. The highest BCUT2D eigenvalue weighted by Gasteiger charge is 2.39. The third-order valence-electron chi connectivity index (χ3n) is 3.96. The topological polar surface area (TPSA) is 49.4 Å². The minimum atomic E-state index is -1.28. The summed E-state index contributed by atoms with van der Waals surface area (Å²) in [6.45, 7) is 2.78. The smallest absolute Gasteiger partial charge is 0.261 e. The molecule has 2 aliphatic rings. The molecule has 0 aromatic heterocycles. The van der Waals surface area contributed by atoms with Crippen LogP contribution >= 0.6 is 0 Å². The molecule has 1 aromatic rings. The molecule has 5 heteroatoms. The van der Waals surface area contributed by atoms with Gasteiger partial charge in [0.1, 0.15) is 5.67 Å². The summed E-state index contributed by atoms with van der Waals surface area (Å²) >= 11 is 0. The van der Waals surface area contributed by atoms with Crippen molar-refractivity contribution < 1.29 is 14.0 Å². The van der Waals surface area contributed by atoms with Gasteiger partial charge in [-0.15, -0.1) is 0 Å². The van der Waals surface area contributed by atoms with Crippen LogP contribution < -0.4 is 5.32 Å². The first kappa shape index (κ1) is 13.2. The van der Waals surface area contributed by atoms with E-state index in [9.17, 15) is 14.0 Å². The molecule has 3 rings (SSSR count). The number of fused-ring (bicyclic) bond motifs is 1. The van der Waals surface area contributed by atoms with Gasteiger partial charge in [-0.25, -0.2) is 4.39 Å². The molecule has 2 atom stereocenters. The summed E-state index contributed by atoms with van der Waals surface area (Å²) in [5.74, 6) is -0.575. The average Bonchev–Trinajstić information content (AvgIpc) is 2.64. The Bertz CT molecular complexity index is 536. The van der Waals surface area contributed by atoms with Crippen LogP contribution in [-0.2, 0) is 0 Å². The average molecular weight is 276 g/mol. The van der Waals surface area contributed by atoms with Crippen molar-refractivity contribution in [2.75, 3.05) is 19.6 Å². The number of alkyl halides is 1. The van der Waals surface area contributed by atoms with Gasteiger partial charge in [0.05, 0.1) is 11.1 Å². The summed E-state index contributed by atoms with van der Waals surface area (Å²) in [6.07, 6.45) is 0.368. The van der Waals surface area contributed by atoms with Crippen molar-refractivity contribution in [1.29, 1.82) is 0 Å². The Morgan fingerprint density at radius 1 is 1.30 bits per heavy atom. The summed E-state index contributed by atoms with van der Waals surface area (Å²) in [5, 5.41) is 3.03. The Morgan fingerprint density at radius 2 is 1.90 bits per heavy atom. The van der Waals surface area contributed by atoms with E-state index >= 15 is 0 Å². The van der Waals surface area contributed by atoms with Crippen LogP contribution in [0.5, 0.6) is 0 Å². The molecule has 4 nitrogen and oxygen atoms in total. The van der Waals surface area contributed by atoms with Crippen molar-refractivity contribution in [3.8, 4) is 0 Å². The van der Waals surface area contributed by atoms with E-state index in [2.05, 4.69) is 5.32 Å². The number of nitrogens with zero attached hydrogens (tertiary/aromatic N) is 1. The molecule has 0 bridgehead atoms. The molecule has 1 fully saturated rings. The molecule has 2 aliphatic heterocycles. The summed E-state index contributed by atoms with van der Waals surface area (Å²) < 4.78 is 14.0. The molecule has 1 N–H and O–H groups in total. The number of halogens is 1. The minimum absolute atomic E-state index is 0.0408. The molecule has 0 aliphatic carbocycles. The number of carbonyl (C=O) groups excluding carboxylic acids is 2. The maximum Gasteiger partial charge on any atom is 0.261 e. The number of hydrogen-bond acceptors (Lipinski definition) is 3. The van der Waals surface area contributed by atoms with Crippen LogP contribution in [-0.4, -0.2) is 42.0 Å². The molecule has 2 heterocycles. The van der Waals surface area contributed by atoms with Crippen LogP contribution in [0.1, 0.15) is 34.1 Å². The molecule has 0 saturated carbocycles. The van der Waals surface area contributed by atoms with Crippen LogP contribution in [0.2, 0.25) is 0 Å². The molecular formula is C15H17FN2O2. The fraction of sp³-hybridized carbons (Fsp3) is 0.467. The molecule has 2 unspecified atom stereocenters. The van der Waals surface area contributed by atoms with Gasteiger partial charge in [-0.05, 0) is 37.9 Å². The summed E-state index contributed by atoms with van der Waals surface area (Å²) in [7, 11) is 0. The van der Waals surface area contributed by atoms with E-state index in [1.165, 1.54) is 4.90 Å². The zero-order valence-electron chi connectivity index (χ0n) is 11.4. The van der Waals surface area contributed by atoms with Gasteiger partial charge in [0, 0.05) is 13.1 Å². The van der Waals surface area contributed by atoms with Crippen molar-refractivity contribution in [1.82, 2.24) is 10.2 Å². The first-order valence-corrected chi connectivity index (χ1v) is 6.83. The lowest BCUT2D eigenvalue weighted by Crippen LogP contribution is -2.48. The Balaban J connectivity index is 1.77. The first-order valence-electron chi connectivity index (χ1n) is 6.83. The number of piperidine rings is 1. The molecule has 106 valence electrons. The second-order valence-corrected chi connectivity index (χ2v) is 5.88. The second kappa shape index (κ2) is 4.66. The number of imide groups is 1. The predicted molar refractivity (Wildman–Crippen MR) is 72.3 cm³/mol. The van der Waals surface area contributed by atoms with E-state index in [1.807, 2.05) is 0 Å². The van der Waals surface area contributed by atoms with Gasteiger partial charge in [-0.3, -0.25) is 14.5 Å². The van der Waals surface area contributed by atoms with Gasteiger partial charge < -0.3 is 5.32 Å². The first-order chi connectivity index (χ1) is 9.48. The van der Waals surface area contributed by atoms with Gasteiger partial charge in [0.2, 0.25) is 0 Å². The molecular weight excluding hydrogens is 259 g/mol. The lowest BCUT2D eigenvalue weighted by Gasteiger charge is -2.34. The number of nitrogens with one attached hydrogen (secondary N) is 1. The van der Waals surface area contributed by atoms with Gasteiger partial charge in [0.15, 0.2) is 0 Å². The van der Waals surface area contributed by atoms with Crippen molar-refractivity contribution in [3.05, 3.63) is 35.4 Å². The molecule has 0 radical (unpaired) electrons. The molecule has 20 heavy (non-hydrogen) atoms. The Kier molecular flexibility index (Phi) is 3.09. The van der Waals surface area contributed by atoms with Crippen molar-refractivity contribution in [3.63, 3.8) is 0 Å². The van der Waals surface area contributed by atoms with E-state index < -0.39 is 5.67 Å². The van der Waals surface area contributed by atoms with E-state index in [-0.39, 0.29) is 24.3 Å². The maximum atomic E-state index is 14.0. The zero-order chi connectivity index (χ0) is 14.3. The number of carbonyl (C=O) groups is 2. The van der Waals surface area contributed by atoms with Gasteiger partial charge in [-0.2, -0.15) is 0 Å². The number of rotatable bonds is 2. The maximum absolute atomic E-state index is 14.0. The molecule has 0 spiro atoms. The Morgan fingerprint density at radius 3 is 2.45 bits per heavy atom. The molecule has 2 amide bonds. The van der Waals surface area contributed by atoms with Gasteiger partial charge in [-0.1, -0.05) is 12.1 Å². The summed E-state index contributed by atoms with van der Waals surface area (Å²) in [4.78, 5) is 25.7. The lowest BCUT2D eigenvalue weighted by molar-refractivity contribution is 0.0548. The highest BCUT2D eigenvalue weighted by atomic mass is 19.1. The Hall–Kier alpha value is -1.75. The van der Waals surface area contributed by atoms with Crippen LogP contribution in [0.15, 0.2) is 24.3 Å². The van der Waals surface area contributed by atoms with E-state index in [4.69, 9.17) is 0 Å². The highest BCUT2D eigenvalue weighted by Crippen LogP contribution is 2.28. The quantitative estimate of drug-likeness (QED) is 0.835. The summed E-state index contributed by atoms with van der Waals surface area (Å²) in [5.41, 5.74) is -0.379. The second-order valence-electron chi connectivity index (χ2n) is 5.88. The van der Waals surface area contributed by atoms with Crippen molar-refractivity contribution in [2.24, 2.45) is 5.92 Å². The van der Waals surface area contributed by atoms with E-state index in [1.54, 1.807) is 31.2 Å². The van der Waals surface area contributed by atoms with E-state index in [0.29, 0.717) is 30.6 Å². The number of hydrogen-bond donors (Lipinski definition) is 1. The summed E-state index contributed by atoms with van der Waals surface area (Å²) in [6, 6.07) is 6.81. The van der Waals surface area contributed by atoms with Crippen LogP contribution in [0, 0.1) is 5.92 Å². The largest absolute Gasteiger partial charge is 0.313 e. The SMILES string of the molecule is CC1(F)CNCC(CN2C(=O)c3ccccc3C2=O)C1. The monoisotopic (exact) mass is 276 g/mol. The Labute approximate surface area is 117 Å². The standard InChI is InChI=1S/C15H17FN2O2/c1-15(16)6-10(7-17-9-15)8-18-13(19)11-4-2-3-5-12(11)14(18)20/h2-5,10,17H,6-9H2,1H3. The third kappa shape index (κ3) is 2.22. The molecule has 1 saturated heterocycles. The minimum Gasteiger partial charge on any atom is -0.313 e.